The molecule has 3 rings (SSSR count). The predicted octanol–water partition coefficient (Wildman–Crippen LogP) is 4.35. The first-order chi connectivity index (χ1) is 15.4. The topological polar surface area (TPSA) is 98.8 Å². The summed E-state index contributed by atoms with van der Waals surface area (Å²) in [5.41, 5.74) is 0.886. The highest BCUT2D eigenvalue weighted by Gasteiger charge is 2.13. The number of carbonyl (C=O) groups excluding carboxylic acids is 2. The summed E-state index contributed by atoms with van der Waals surface area (Å²) in [6.45, 7) is 4.68. The highest BCUT2D eigenvalue weighted by atomic mass is 32.1. The average Bonchev–Trinajstić information content (AvgIpc) is 3.27. The fraction of sp³-hybridized carbons (Fsp3) is 0.261. The molecule has 9 heteroatoms. The molecule has 0 fully saturated rings. The zero-order chi connectivity index (χ0) is 22.9. The van der Waals surface area contributed by atoms with Crippen molar-refractivity contribution >= 4 is 28.3 Å². The second-order valence-corrected chi connectivity index (χ2v) is 7.92. The number of nitrogens with one attached hydrogen (secondary N) is 2. The number of amides is 2. The van der Waals surface area contributed by atoms with Gasteiger partial charge in [-0.2, -0.15) is 0 Å². The Morgan fingerprint density at radius 2 is 1.75 bits per heavy atom. The van der Waals surface area contributed by atoms with Crippen LogP contribution in [0.2, 0.25) is 0 Å². The molecule has 2 aromatic carbocycles. The largest absolute Gasteiger partial charge is 0.491 e. The molecule has 1 aromatic heterocycles. The highest BCUT2D eigenvalue weighted by molar-refractivity contribution is 7.13. The van der Waals surface area contributed by atoms with Gasteiger partial charge in [0, 0.05) is 42.4 Å². The number of hydrogen-bond donors (Lipinski definition) is 2. The van der Waals surface area contributed by atoms with E-state index in [2.05, 4.69) is 15.6 Å². The maximum absolute atomic E-state index is 12.7. The number of ether oxygens (including phenoxy) is 3. The van der Waals surface area contributed by atoms with E-state index in [0.717, 1.165) is 0 Å². The van der Waals surface area contributed by atoms with Crippen LogP contribution < -0.4 is 20.1 Å². The maximum atomic E-state index is 12.7. The third-order valence-electron chi connectivity index (χ3n) is 4.11. The van der Waals surface area contributed by atoms with Gasteiger partial charge in [-0.3, -0.25) is 14.9 Å². The van der Waals surface area contributed by atoms with Crippen LogP contribution in [0.25, 0.3) is 0 Å². The second kappa shape index (κ2) is 11.3. The van der Waals surface area contributed by atoms with E-state index in [9.17, 15) is 9.59 Å². The first-order valence-electron chi connectivity index (χ1n) is 10.0. The van der Waals surface area contributed by atoms with Gasteiger partial charge in [0.1, 0.15) is 17.2 Å². The SMILES string of the molecule is COCCNC(=O)c1ccc(Oc2cc(OC(C)C)cc(C(=O)Nc3nccs3)c2)cc1. The number of thiazole rings is 1. The number of hydrogen-bond acceptors (Lipinski definition) is 7. The molecule has 1 heterocycles. The Balaban J connectivity index is 1.75. The zero-order valence-electron chi connectivity index (χ0n) is 18.1. The molecule has 32 heavy (non-hydrogen) atoms. The summed E-state index contributed by atoms with van der Waals surface area (Å²) >= 11 is 1.33. The van der Waals surface area contributed by atoms with Gasteiger partial charge in [-0.25, -0.2) is 4.98 Å². The summed E-state index contributed by atoms with van der Waals surface area (Å²) in [5.74, 6) is 0.955. The van der Waals surface area contributed by atoms with Crippen molar-refractivity contribution in [2.24, 2.45) is 0 Å². The zero-order valence-corrected chi connectivity index (χ0v) is 18.9. The predicted molar refractivity (Wildman–Crippen MR) is 123 cm³/mol. The minimum Gasteiger partial charge on any atom is -0.491 e. The minimum atomic E-state index is -0.318. The lowest BCUT2D eigenvalue weighted by atomic mass is 10.1. The molecule has 0 saturated heterocycles. The summed E-state index contributed by atoms with van der Waals surface area (Å²) < 4.78 is 16.6. The molecule has 0 bridgehead atoms. The van der Waals surface area contributed by atoms with E-state index in [4.69, 9.17) is 14.2 Å². The molecule has 0 saturated carbocycles. The lowest BCUT2D eigenvalue weighted by Gasteiger charge is -2.14. The van der Waals surface area contributed by atoms with E-state index in [0.29, 0.717) is 46.7 Å². The Morgan fingerprint density at radius 1 is 1.00 bits per heavy atom. The van der Waals surface area contributed by atoms with E-state index < -0.39 is 0 Å². The normalized spacial score (nSPS) is 10.6. The monoisotopic (exact) mass is 455 g/mol. The maximum Gasteiger partial charge on any atom is 0.257 e. The highest BCUT2D eigenvalue weighted by Crippen LogP contribution is 2.29. The summed E-state index contributed by atoms with van der Waals surface area (Å²) in [6.07, 6.45) is 1.55. The fourth-order valence-electron chi connectivity index (χ4n) is 2.74. The van der Waals surface area contributed by atoms with Crippen molar-refractivity contribution in [2.75, 3.05) is 25.6 Å². The Hall–Kier alpha value is -3.43. The van der Waals surface area contributed by atoms with Crippen molar-refractivity contribution in [3.63, 3.8) is 0 Å². The third kappa shape index (κ3) is 6.79. The number of methoxy groups -OCH3 is 1. The summed E-state index contributed by atoms with van der Waals surface area (Å²) in [7, 11) is 1.58. The van der Waals surface area contributed by atoms with Crippen molar-refractivity contribution in [3.05, 3.63) is 65.2 Å². The first kappa shape index (κ1) is 23.2. The standard InChI is InChI=1S/C23H25N3O5S/c1-15(2)30-19-12-17(22(28)26-23-25-9-11-32-23)13-20(14-19)31-18-6-4-16(5-7-18)21(27)24-8-10-29-3/h4-7,9,11-15H,8,10H2,1-3H3,(H,24,27)(H,25,26,28). The van der Waals surface area contributed by atoms with Crippen LogP contribution in [-0.4, -0.2) is 43.2 Å². The number of benzene rings is 2. The molecule has 2 N–H and O–H groups in total. The fourth-order valence-corrected chi connectivity index (χ4v) is 3.26. The third-order valence-corrected chi connectivity index (χ3v) is 4.80. The molecule has 0 aliphatic carbocycles. The van der Waals surface area contributed by atoms with Gasteiger partial charge in [0.05, 0.1) is 12.7 Å². The molecule has 168 valence electrons. The van der Waals surface area contributed by atoms with E-state index in [1.165, 1.54) is 11.3 Å². The van der Waals surface area contributed by atoms with E-state index in [1.54, 1.807) is 61.2 Å². The molecule has 2 amide bonds. The van der Waals surface area contributed by atoms with Gasteiger partial charge < -0.3 is 19.5 Å². The molecule has 0 aliphatic heterocycles. The number of rotatable bonds is 10. The number of aromatic nitrogens is 1. The van der Waals surface area contributed by atoms with E-state index in [1.807, 2.05) is 13.8 Å². The summed E-state index contributed by atoms with van der Waals surface area (Å²) in [5, 5.41) is 7.81. The van der Waals surface area contributed by atoms with Gasteiger partial charge in [-0.05, 0) is 50.2 Å². The van der Waals surface area contributed by atoms with Crippen LogP contribution in [0.4, 0.5) is 5.13 Å². The molecule has 0 atom stereocenters. The lowest BCUT2D eigenvalue weighted by Crippen LogP contribution is -2.26. The first-order valence-corrected chi connectivity index (χ1v) is 10.9. The number of anilines is 1. The Morgan fingerprint density at radius 3 is 2.41 bits per heavy atom. The van der Waals surface area contributed by atoms with Gasteiger partial charge in [-0.15, -0.1) is 11.3 Å². The molecule has 3 aromatic rings. The quantitative estimate of drug-likeness (QED) is 0.441. The smallest absolute Gasteiger partial charge is 0.257 e. The molecular formula is C23H25N3O5S. The number of carbonyl (C=O) groups is 2. The van der Waals surface area contributed by atoms with Crippen LogP contribution >= 0.6 is 11.3 Å². The molecule has 0 spiro atoms. The van der Waals surface area contributed by atoms with Gasteiger partial charge >= 0.3 is 0 Å². The Kier molecular flexibility index (Phi) is 8.18. The summed E-state index contributed by atoms with van der Waals surface area (Å²) in [6, 6.07) is 11.7. The number of nitrogens with zero attached hydrogens (tertiary/aromatic N) is 1. The van der Waals surface area contributed by atoms with Crippen molar-refractivity contribution in [1.29, 1.82) is 0 Å². The molecule has 0 unspecified atom stereocenters. The van der Waals surface area contributed by atoms with E-state index >= 15 is 0 Å². The van der Waals surface area contributed by atoms with Crippen molar-refractivity contribution in [3.8, 4) is 17.2 Å². The van der Waals surface area contributed by atoms with Crippen LogP contribution in [0.5, 0.6) is 17.2 Å². The van der Waals surface area contributed by atoms with Crippen molar-refractivity contribution < 1.29 is 23.8 Å². The minimum absolute atomic E-state index is 0.0731. The van der Waals surface area contributed by atoms with Crippen LogP contribution in [0, 0.1) is 0 Å². The Bertz CT molecular complexity index is 1040. The lowest BCUT2D eigenvalue weighted by molar-refractivity contribution is 0.0936. The summed E-state index contributed by atoms with van der Waals surface area (Å²) in [4.78, 5) is 28.9. The van der Waals surface area contributed by atoms with Gasteiger partial charge in [0.25, 0.3) is 11.8 Å². The van der Waals surface area contributed by atoms with Gasteiger partial charge in [0.15, 0.2) is 5.13 Å². The Labute approximate surface area is 190 Å². The molecule has 8 nitrogen and oxygen atoms in total. The molecule has 0 aliphatic rings. The van der Waals surface area contributed by atoms with Crippen LogP contribution in [-0.2, 0) is 4.74 Å². The van der Waals surface area contributed by atoms with Crippen LogP contribution in [0.15, 0.2) is 54.0 Å². The van der Waals surface area contributed by atoms with Crippen LogP contribution in [0.1, 0.15) is 34.6 Å². The average molecular weight is 456 g/mol. The van der Waals surface area contributed by atoms with Gasteiger partial charge in [-0.1, -0.05) is 0 Å². The second-order valence-electron chi connectivity index (χ2n) is 7.03. The van der Waals surface area contributed by atoms with Crippen molar-refractivity contribution in [1.82, 2.24) is 10.3 Å². The van der Waals surface area contributed by atoms with Crippen LogP contribution in [0.3, 0.4) is 0 Å². The van der Waals surface area contributed by atoms with E-state index in [-0.39, 0.29) is 17.9 Å². The molecular weight excluding hydrogens is 430 g/mol. The van der Waals surface area contributed by atoms with Gasteiger partial charge in [0.2, 0.25) is 0 Å². The molecule has 0 radical (unpaired) electrons. The van der Waals surface area contributed by atoms with Crippen molar-refractivity contribution in [2.45, 2.75) is 20.0 Å².